The Balaban J connectivity index is 4.25. The Morgan fingerprint density at radius 2 is 2.17 bits per heavy atom. The molecule has 0 heterocycles. The highest BCUT2D eigenvalue weighted by Crippen LogP contribution is 2.16. The largest absolute Gasteiger partial charge is 0.401 e. The third-order valence-electron chi connectivity index (χ3n) is 1.46. The zero-order chi connectivity index (χ0) is 9.56. The Morgan fingerprint density at radius 1 is 1.58 bits per heavy atom. The number of hydrogen-bond acceptors (Lipinski definition) is 1. The zero-order valence-electron chi connectivity index (χ0n) is 7.68. The Kier molecular flexibility index (Phi) is 5.81. The SMILES string of the molecule is C=CC/C=C\C(Br)=C(\N)C(C)C. The molecular formula is C10H16BrN. The van der Waals surface area contributed by atoms with Crippen LogP contribution >= 0.6 is 15.9 Å². The molecule has 0 aromatic rings. The molecule has 0 bridgehead atoms. The molecule has 0 aliphatic heterocycles. The van der Waals surface area contributed by atoms with Gasteiger partial charge in [-0.3, -0.25) is 0 Å². The first-order valence-corrected chi connectivity index (χ1v) is 4.81. The van der Waals surface area contributed by atoms with Gasteiger partial charge in [0, 0.05) is 10.2 Å². The number of allylic oxidation sites excluding steroid dienone is 5. The molecule has 68 valence electrons. The first kappa shape index (κ1) is 11.5. The molecule has 0 aliphatic rings. The van der Waals surface area contributed by atoms with E-state index in [1.807, 2.05) is 18.2 Å². The van der Waals surface area contributed by atoms with E-state index < -0.39 is 0 Å². The summed E-state index contributed by atoms with van der Waals surface area (Å²) in [5.41, 5.74) is 6.68. The van der Waals surface area contributed by atoms with Gasteiger partial charge >= 0.3 is 0 Å². The van der Waals surface area contributed by atoms with Gasteiger partial charge in [-0.2, -0.15) is 0 Å². The molecule has 2 N–H and O–H groups in total. The third-order valence-corrected chi connectivity index (χ3v) is 2.19. The van der Waals surface area contributed by atoms with Crippen molar-refractivity contribution in [2.45, 2.75) is 20.3 Å². The van der Waals surface area contributed by atoms with Crippen LogP contribution in [0.2, 0.25) is 0 Å². The second-order valence-corrected chi connectivity index (χ2v) is 3.74. The maximum Gasteiger partial charge on any atom is 0.0362 e. The van der Waals surface area contributed by atoms with Gasteiger partial charge in [0.15, 0.2) is 0 Å². The van der Waals surface area contributed by atoms with Crippen molar-refractivity contribution in [2.75, 3.05) is 0 Å². The van der Waals surface area contributed by atoms with Crippen molar-refractivity contribution in [1.29, 1.82) is 0 Å². The van der Waals surface area contributed by atoms with E-state index in [9.17, 15) is 0 Å². The van der Waals surface area contributed by atoms with Crippen LogP contribution in [0.4, 0.5) is 0 Å². The summed E-state index contributed by atoms with van der Waals surface area (Å²) in [6, 6.07) is 0. The van der Waals surface area contributed by atoms with E-state index in [4.69, 9.17) is 5.73 Å². The highest BCUT2D eigenvalue weighted by Gasteiger charge is 2.00. The molecule has 1 nitrogen and oxygen atoms in total. The topological polar surface area (TPSA) is 26.0 Å². The Morgan fingerprint density at radius 3 is 2.58 bits per heavy atom. The molecule has 0 saturated heterocycles. The molecule has 2 heteroatoms. The highest BCUT2D eigenvalue weighted by atomic mass is 79.9. The fraction of sp³-hybridized carbons (Fsp3) is 0.400. The van der Waals surface area contributed by atoms with Crippen LogP contribution in [-0.4, -0.2) is 0 Å². The van der Waals surface area contributed by atoms with Crippen molar-refractivity contribution in [3.05, 3.63) is 35.0 Å². The maximum atomic E-state index is 5.80. The van der Waals surface area contributed by atoms with E-state index in [-0.39, 0.29) is 0 Å². The third kappa shape index (κ3) is 4.39. The fourth-order valence-electron chi connectivity index (χ4n) is 0.640. The monoisotopic (exact) mass is 229 g/mol. The molecular weight excluding hydrogens is 214 g/mol. The van der Waals surface area contributed by atoms with E-state index in [0.29, 0.717) is 5.92 Å². The second kappa shape index (κ2) is 6.06. The van der Waals surface area contributed by atoms with E-state index in [0.717, 1.165) is 16.6 Å². The predicted molar refractivity (Wildman–Crippen MR) is 58.9 cm³/mol. The van der Waals surface area contributed by atoms with E-state index in [2.05, 4.69) is 36.4 Å². The standard InChI is InChI=1S/C10H16BrN/c1-4-5-6-7-9(11)10(12)8(2)3/h4,6-8H,1,5,12H2,2-3H3/b7-6-,10-9-. The predicted octanol–water partition coefficient (Wildman–Crippen LogP) is 3.34. The molecule has 0 saturated carbocycles. The molecule has 0 aromatic carbocycles. The first-order chi connectivity index (χ1) is 5.59. The van der Waals surface area contributed by atoms with Crippen LogP contribution in [0.25, 0.3) is 0 Å². The average Bonchev–Trinajstić information content (AvgIpc) is 2.03. The van der Waals surface area contributed by atoms with Crippen molar-refractivity contribution in [1.82, 2.24) is 0 Å². The highest BCUT2D eigenvalue weighted by molar-refractivity contribution is 9.11. The van der Waals surface area contributed by atoms with Gasteiger partial charge in [0.1, 0.15) is 0 Å². The smallest absolute Gasteiger partial charge is 0.0362 e. The number of halogens is 1. The minimum atomic E-state index is 0.382. The van der Waals surface area contributed by atoms with Gasteiger partial charge in [-0.1, -0.05) is 26.0 Å². The summed E-state index contributed by atoms with van der Waals surface area (Å²) in [5, 5.41) is 0. The maximum absolute atomic E-state index is 5.80. The molecule has 0 spiro atoms. The van der Waals surface area contributed by atoms with Gasteiger partial charge in [0.05, 0.1) is 0 Å². The molecule has 0 atom stereocenters. The first-order valence-electron chi connectivity index (χ1n) is 4.02. The average molecular weight is 230 g/mol. The van der Waals surface area contributed by atoms with Crippen molar-refractivity contribution in [3.63, 3.8) is 0 Å². The lowest BCUT2D eigenvalue weighted by Gasteiger charge is -2.05. The van der Waals surface area contributed by atoms with Gasteiger partial charge in [-0.15, -0.1) is 6.58 Å². The van der Waals surface area contributed by atoms with Crippen LogP contribution < -0.4 is 5.73 Å². The van der Waals surface area contributed by atoms with E-state index >= 15 is 0 Å². The van der Waals surface area contributed by atoms with Crippen molar-refractivity contribution >= 4 is 15.9 Å². The molecule has 0 radical (unpaired) electrons. The molecule has 0 rings (SSSR count). The van der Waals surface area contributed by atoms with Crippen molar-refractivity contribution in [3.8, 4) is 0 Å². The normalized spacial score (nSPS) is 13.7. The Bertz CT molecular complexity index is 202. The molecule has 0 unspecified atom stereocenters. The van der Waals surface area contributed by atoms with Gasteiger partial charge in [0.2, 0.25) is 0 Å². The van der Waals surface area contributed by atoms with E-state index in [1.165, 1.54) is 0 Å². The lowest BCUT2D eigenvalue weighted by Crippen LogP contribution is -2.05. The summed E-state index contributed by atoms with van der Waals surface area (Å²) in [6.45, 7) is 7.76. The quantitative estimate of drug-likeness (QED) is 0.581. The summed E-state index contributed by atoms with van der Waals surface area (Å²) in [6.07, 6.45) is 6.71. The summed E-state index contributed by atoms with van der Waals surface area (Å²) >= 11 is 3.41. The van der Waals surface area contributed by atoms with Crippen LogP contribution in [0.15, 0.2) is 35.0 Å². The number of hydrogen-bond donors (Lipinski definition) is 1. The lowest BCUT2D eigenvalue weighted by molar-refractivity contribution is 0.756. The van der Waals surface area contributed by atoms with Gasteiger partial charge in [-0.25, -0.2) is 0 Å². The van der Waals surface area contributed by atoms with Crippen molar-refractivity contribution in [2.24, 2.45) is 11.7 Å². The number of rotatable bonds is 4. The summed E-state index contributed by atoms with van der Waals surface area (Å²) in [7, 11) is 0. The minimum Gasteiger partial charge on any atom is -0.401 e. The van der Waals surface area contributed by atoms with Crippen LogP contribution in [0.1, 0.15) is 20.3 Å². The van der Waals surface area contributed by atoms with Gasteiger partial charge in [-0.05, 0) is 34.3 Å². The zero-order valence-corrected chi connectivity index (χ0v) is 9.26. The van der Waals surface area contributed by atoms with Crippen LogP contribution in [0, 0.1) is 5.92 Å². The molecule has 12 heavy (non-hydrogen) atoms. The minimum absolute atomic E-state index is 0.382. The summed E-state index contributed by atoms with van der Waals surface area (Å²) < 4.78 is 0.972. The molecule has 0 aromatic heterocycles. The van der Waals surface area contributed by atoms with Crippen LogP contribution in [0.3, 0.4) is 0 Å². The van der Waals surface area contributed by atoms with Gasteiger partial charge in [0.25, 0.3) is 0 Å². The Labute approximate surface area is 83.2 Å². The van der Waals surface area contributed by atoms with E-state index in [1.54, 1.807) is 0 Å². The fourth-order valence-corrected chi connectivity index (χ4v) is 1.28. The van der Waals surface area contributed by atoms with Crippen LogP contribution in [0.5, 0.6) is 0 Å². The molecule has 0 aliphatic carbocycles. The number of nitrogens with two attached hydrogens (primary N) is 1. The molecule has 0 fully saturated rings. The van der Waals surface area contributed by atoms with Crippen molar-refractivity contribution < 1.29 is 0 Å². The lowest BCUT2D eigenvalue weighted by atomic mass is 10.1. The molecule has 0 amide bonds. The van der Waals surface area contributed by atoms with Gasteiger partial charge < -0.3 is 5.73 Å². The second-order valence-electron chi connectivity index (χ2n) is 2.88. The summed E-state index contributed by atoms with van der Waals surface area (Å²) in [4.78, 5) is 0. The van der Waals surface area contributed by atoms with Crippen LogP contribution in [-0.2, 0) is 0 Å². The Hall–Kier alpha value is -0.500. The summed E-state index contributed by atoms with van der Waals surface area (Å²) in [5.74, 6) is 0.382.